The molecule has 5 rings (SSSR count). The van der Waals surface area contributed by atoms with Crippen molar-refractivity contribution < 1.29 is 4.79 Å². The molecule has 0 N–H and O–H groups in total. The zero-order chi connectivity index (χ0) is 23.1. The quantitative estimate of drug-likeness (QED) is 0.368. The van der Waals surface area contributed by atoms with Crippen molar-refractivity contribution in [1.29, 1.82) is 0 Å². The zero-order valence-corrected chi connectivity index (χ0v) is 21.3. The van der Waals surface area contributed by atoms with E-state index in [4.69, 9.17) is 4.98 Å². The number of fused-ring (bicyclic) bond motifs is 3. The molecule has 0 unspecified atom stereocenters. The van der Waals surface area contributed by atoms with Gasteiger partial charge in [0.2, 0.25) is 5.91 Å². The van der Waals surface area contributed by atoms with Gasteiger partial charge in [-0.25, -0.2) is 4.98 Å². The number of carbonyl (C=O) groups excluding carboxylic acids is 1. The van der Waals surface area contributed by atoms with Gasteiger partial charge in [-0.05, 0) is 88.5 Å². The van der Waals surface area contributed by atoms with Crippen molar-refractivity contribution in [2.45, 2.75) is 76.9 Å². The Labute approximate surface area is 203 Å². The molecule has 1 aliphatic heterocycles. The van der Waals surface area contributed by atoms with Gasteiger partial charge in [0, 0.05) is 17.5 Å². The standard InChI is InChI=1S/C26H31N3O2S2/c1-16-11-12-17(2)20(14-16)29-25(31)23-19-9-4-5-10-21(19)33-24(23)27-26(29)32-15-22(30)28-13-7-6-8-18(28)3/h11-12,14,18H,4-10,13,15H2,1-3H3/t18-/m0/s1. The maximum Gasteiger partial charge on any atom is 0.267 e. The molecule has 1 fully saturated rings. The smallest absolute Gasteiger partial charge is 0.267 e. The van der Waals surface area contributed by atoms with Gasteiger partial charge >= 0.3 is 0 Å². The van der Waals surface area contributed by atoms with Gasteiger partial charge in [0.1, 0.15) is 4.83 Å². The van der Waals surface area contributed by atoms with E-state index >= 15 is 0 Å². The van der Waals surface area contributed by atoms with E-state index in [-0.39, 0.29) is 17.5 Å². The molecular formula is C26H31N3O2S2. The molecule has 1 aliphatic carbocycles. The molecule has 0 bridgehead atoms. The summed E-state index contributed by atoms with van der Waals surface area (Å²) in [7, 11) is 0. The summed E-state index contributed by atoms with van der Waals surface area (Å²) >= 11 is 3.07. The topological polar surface area (TPSA) is 55.2 Å². The number of benzene rings is 1. The number of thioether (sulfide) groups is 1. The molecule has 5 nitrogen and oxygen atoms in total. The lowest BCUT2D eigenvalue weighted by molar-refractivity contribution is -0.131. The molecule has 0 radical (unpaired) electrons. The molecule has 1 saturated heterocycles. The molecule has 1 aromatic carbocycles. The minimum atomic E-state index is 0.00869. The van der Waals surface area contributed by atoms with E-state index in [1.807, 2.05) is 18.7 Å². The summed E-state index contributed by atoms with van der Waals surface area (Å²) in [6.07, 6.45) is 7.61. The second-order valence-corrected chi connectivity index (χ2v) is 11.5. The largest absolute Gasteiger partial charge is 0.339 e. The number of carbonyl (C=O) groups is 1. The molecular weight excluding hydrogens is 450 g/mol. The number of nitrogens with zero attached hydrogens (tertiary/aromatic N) is 3. The minimum absolute atomic E-state index is 0.00869. The Kier molecular flexibility index (Phi) is 6.36. The third-order valence-corrected chi connectivity index (χ3v) is 9.12. The first-order chi connectivity index (χ1) is 15.9. The fourth-order valence-electron chi connectivity index (χ4n) is 5.13. The van der Waals surface area contributed by atoms with E-state index in [9.17, 15) is 9.59 Å². The lowest BCUT2D eigenvalue weighted by Crippen LogP contribution is -2.43. The zero-order valence-electron chi connectivity index (χ0n) is 19.6. The van der Waals surface area contributed by atoms with Crippen molar-refractivity contribution in [3.63, 3.8) is 0 Å². The molecule has 2 aliphatic rings. The Balaban J connectivity index is 1.60. The summed E-state index contributed by atoms with van der Waals surface area (Å²) in [6.45, 7) is 7.03. The van der Waals surface area contributed by atoms with Gasteiger partial charge in [0.05, 0.1) is 16.8 Å². The van der Waals surface area contributed by atoms with E-state index in [1.54, 1.807) is 15.9 Å². The number of likely N-dealkylation sites (tertiary alicyclic amines) is 1. The molecule has 1 amide bonds. The van der Waals surface area contributed by atoms with Crippen LogP contribution in [0, 0.1) is 13.8 Å². The van der Waals surface area contributed by atoms with Crippen LogP contribution in [0.1, 0.15) is 60.6 Å². The third-order valence-electron chi connectivity index (χ3n) is 7.01. The number of amides is 1. The molecule has 2 aromatic heterocycles. The first-order valence-corrected chi connectivity index (χ1v) is 13.8. The number of rotatable bonds is 4. The Morgan fingerprint density at radius 3 is 2.82 bits per heavy atom. The van der Waals surface area contributed by atoms with Crippen LogP contribution in [0.3, 0.4) is 0 Å². The van der Waals surface area contributed by atoms with Gasteiger partial charge < -0.3 is 4.90 Å². The fourth-order valence-corrected chi connectivity index (χ4v) is 7.33. The maximum atomic E-state index is 14.0. The van der Waals surface area contributed by atoms with Crippen LogP contribution in [0.4, 0.5) is 0 Å². The van der Waals surface area contributed by atoms with Crippen LogP contribution in [0.2, 0.25) is 0 Å². The molecule has 0 spiro atoms. The summed E-state index contributed by atoms with van der Waals surface area (Å²) in [6, 6.07) is 6.46. The van der Waals surface area contributed by atoms with Crippen molar-refractivity contribution in [2.75, 3.05) is 12.3 Å². The highest BCUT2D eigenvalue weighted by atomic mass is 32.2. The van der Waals surface area contributed by atoms with E-state index in [0.29, 0.717) is 10.9 Å². The van der Waals surface area contributed by atoms with Crippen molar-refractivity contribution in [3.8, 4) is 5.69 Å². The Hall–Kier alpha value is -2.12. The average Bonchev–Trinajstić information content (AvgIpc) is 3.18. The normalized spacial score (nSPS) is 18.5. The number of thiophene rings is 1. The van der Waals surface area contributed by atoms with E-state index in [1.165, 1.54) is 35.0 Å². The van der Waals surface area contributed by atoms with Gasteiger partial charge in [-0.1, -0.05) is 23.9 Å². The highest BCUT2D eigenvalue weighted by Gasteiger charge is 2.26. The van der Waals surface area contributed by atoms with Crippen LogP contribution in [0.15, 0.2) is 28.2 Å². The Morgan fingerprint density at radius 2 is 2.00 bits per heavy atom. The second-order valence-electron chi connectivity index (χ2n) is 9.44. The van der Waals surface area contributed by atoms with Gasteiger partial charge in [-0.2, -0.15) is 0 Å². The Bertz CT molecular complexity index is 1280. The van der Waals surface area contributed by atoms with Gasteiger partial charge in [-0.15, -0.1) is 11.3 Å². The fraction of sp³-hybridized carbons (Fsp3) is 0.500. The van der Waals surface area contributed by atoms with Crippen molar-refractivity contribution in [2.24, 2.45) is 0 Å². The predicted molar refractivity (Wildman–Crippen MR) is 137 cm³/mol. The summed E-state index contributed by atoms with van der Waals surface area (Å²) < 4.78 is 1.77. The molecule has 174 valence electrons. The molecule has 7 heteroatoms. The number of hydrogen-bond donors (Lipinski definition) is 0. The van der Waals surface area contributed by atoms with Crippen LogP contribution in [-0.2, 0) is 17.6 Å². The summed E-state index contributed by atoms with van der Waals surface area (Å²) in [5.74, 6) is 0.442. The summed E-state index contributed by atoms with van der Waals surface area (Å²) in [5.41, 5.74) is 4.21. The van der Waals surface area contributed by atoms with Crippen LogP contribution in [0.25, 0.3) is 15.9 Å². The van der Waals surface area contributed by atoms with E-state index in [2.05, 4.69) is 25.1 Å². The SMILES string of the molecule is Cc1ccc(C)c(-n2c(SCC(=O)N3CCCC[C@@H]3C)nc3sc4c(c3c2=O)CCCC4)c1. The first-order valence-electron chi connectivity index (χ1n) is 12.0. The maximum absolute atomic E-state index is 14.0. The van der Waals surface area contributed by atoms with Crippen LogP contribution >= 0.6 is 23.1 Å². The highest BCUT2D eigenvalue weighted by molar-refractivity contribution is 7.99. The van der Waals surface area contributed by atoms with Crippen molar-refractivity contribution in [3.05, 3.63) is 50.1 Å². The molecule has 0 saturated carbocycles. The first kappa shape index (κ1) is 22.7. The number of hydrogen-bond acceptors (Lipinski definition) is 5. The molecule has 33 heavy (non-hydrogen) atoms. The van der Waals surface area contributed by atoms with Crippen molar-refractivity contribution >= 4 is 39.2 Å². The average molecular weight is 482 g/mol. The van der Waals surface area contributed by atoms with Crippen LogP contribution in [-0.4, -0.2) is 38.7 Å². The summed E-state index contributed by atoms with van der Waals surface area (Å²) in [4.78, 5) is 36.2. The van der Waals surface area contributed by atoms with Gasteiger partial charge in [-0.3, -0.25) is 14.2 Å². The Morgan fingerprint density at radius 1 is 1.18 bits per heavy atom. The van der Waals surface area contributed by atoms with Crippen molar-refractivity contribution in [1.82, 2.24) is 14.5 Å². The second kappa shape index (κ2) is 9.26. The number of aryl methyl sites for hydroxylation is 4. The van der Waals surface area contributed by atoms with E-state index in [0.717, 1.165) is 65.7 Å². The van der Waals surface area contributed by atoms with Crippen LogP contribution in [0.5, 0.6) is 0 Å². The highest BCUT2D eigenvalue weighted by Crippen LogP contribution is 2.35. The van der Waals surface area contributed by atoms with E-state index < -0.39 is 0 Å². The molecule has 3 aromatic rings. The van der Waals surface area contributed by atoms with Crippen LogP contribution < -0.4 is 5.56 Å². The van der Waals surface area contributed by atoms with Gasteiger partial charge in [0.25, 0.3) is 5.56 Å². The van der Waals surface area contributed by atoms with Gasteiger partial charge in [0.15, 0.2) is 5.16 Å². The third kappa shape index (κ3) is 4.26. The predicted octanol–water partition coefficient (Wildman–Crippen LogP) is 5.44. The molecule has 1 atom stereocenters. The number of piperidine rings is 1. The number of aromatic nitrogens is 2. The molecule has 3 heterocycles. The minimum Gasteiger partial charge on any atom is -0.339 e. The lowest BCUT2D eigenvalue weighted by Gasteiger charge is -2.33. The summed E-state index contributed by atoms with van der Waals surface area (Å²) in [5, 5.41) is 1.41. The lowest BCUT2D eigenvalue weighted by atomic mass is 9.97. The monoisotopic (exact) mass is 481 g/mol.